The number of rotatable bonds is 5. The van der Waals surface area contributed by atoms with E-state index >= 15 is 0 Å². The molecule has 0 aliphatic heterocycles. The zero-order valence-corrected chi connectivity index (χ0v) is 13.1. The first-order valence-corrected chi connectivity index (χ1v) is 7.26. The monoisotopic (exact) mass is 357 g/mol. The van der Waals surface area contributed by atoms with Gasteiger partial charge in [0.05, 0.1) is 18.4 Å². The number of hydrogen-bond donors (Lipinski definition) is 3. The van der Waals surface area contributed by atoms with E-state index in [-0.39, 0.29) is 11.7 Å². The Morgan fingerprint density at radius 1 is 1.29 bits per heavy atom. The van der Waals surface area contributed by atoms with Crippen molar-refractivity contribution in [2.45, 2.75) is 6.18 Å². The molecule has 0 radical (unpaired) electrons. The number of hydrogen-bond acceptors (Lipinski definition) is 4. The van der Waals surface area contributed by atoms with Gasteiger partial charge in [0, 0.05) is 12.1 Å². The van der Waals surface area contributed by atoms with Gasteiger partial charge in [-0.1, -0.05) is 12.1 Å². The van der Waals surface area contributed by atoms with E-state index in [2.05, 4.69) is 15.8 Å². The second kappa shape index (κ2) is 7.93. The van der Waals surface area contributed by atoms with Gasteiger partial charge in [-0.05, 0) is 36.5 Å². The molecule has 9 heteroatoms. The summed E-state index contributed by atoms with van der Waals surface area (Å²) >= 11 is 4.88. The number of thiocarbonyl (C=S) groups is 1. The van der Waals surface area contributed by atoms with Gasteiger partial charge in [0.15, 0.2) is 5.11 Å². The number of halogens is 3. The molecule has 1 aromatic heterocycles. The summed E-state index contributed by atoms with van der Waals surface area (Å²) in [5.74, 6) is 0.642. The zero-order chi connectivity index (χ0) is 17.6. The van der Waals surface area contributed by atoms with Crippen molar-refractivity contribution in [1.29, 1.82) is 0 Å². The topological polar surface area (TPSA) is 69.8 Å². The van der Waals surface area contributed by atoms with Crippen LogP contribution in [0.15, 0.2) is 45.9 Å². The highest BCUT2D eigenvalue weighted by molar-refractivity contribution is 7.80. The predicted octanol–water partition coefficient (Wildman–Crippen LogP) is 2.76. The minimum Gasteiger partial charge on any atom is -0.455 e. The van der Waals surface area contributed by atoms with Crippen molar-refractivity contribution in [2.24, 2.45) is 5.10 Å². The fourth-order valence-corrected chi connectivity index (χ4v) is 1.94. The Morgan fingerprint density at radius 3 is 2.79 bits per heavy atom. The Kier molecular flexibility index (Phi) is 5.93. The van der Waals surface area contributed by atoms with Crippen molar-refractivity contribution in [3.05, 3.63) is 47.7 Å². The first-order valence-electron chi connectivity index (χ1n) is 6.85. The number of furan rings is 1. The summed E-state index contributed by atoms with van der Waals surface area (Å²) < 4.78 is 43.6. The highest BCUT2D eigenvalue weighted by Gasteiger charge is 2.30. The van der Waals surface area contributed by atoms with E-state index in [1.165, 1.54) is 18.3 Å². The van der Waals surface area contributed by atoms with Gasteiger partial charge in [-0.15, -0.1) is 0 Å². The summed E-state index contributed by atoms with van der Waals surface area (Å²) in [6, 6.07) is 8.00. The maximum atomic E-state index is 12.7. The molecule has 24 heavy (non-hydrogen) atoms. The van der Waals surface area contributed by atoms with Crippen LogP contribution in [0, 0.1) is 0 Å². The van der Waals surface area contributed by atoms with Crippen LogP contribution < -0.4 is 10.7 Å². The Labute approximate surface area is 141 Å². The number of nitrogens with zero attached hydrogens (tertiary/aromatic N) is 1. The summed E-state index contributed by atoms with van der Waals surface area (Å²) in [6.07, 6.45) is -3.07. The molecule has 128 valence electrons. The quantitative estimate of drug-likeness (QED) is 0.436. The molecule has 0 saturated carbocycles. The standard InChI is InChI=1S/C15H14F3N3O2S/c16-15(17,18)11-3-1-2-10(8-11)13-5-4-12(23-13)9-20-21-14(24)19-6-7-22/h1-5,8-9,22H,6-7H2,(H2,19,21,24)/b20-9+. The molecule has 1 heterocycles. The lowest BCUT2D eigenvalue weighted by Crippen LogP contribution is -2.33. The van der Waals surface area contributed by atoms with Gasteiger partial charge in [0.25, 0.3) is 0 Å². The third-order valence-electron chi connectivity index (χ3n) is 2.86. The molecule has 0 unspecified atom stereocenters. The van der Waals surface area contributed by atoms with E-state index < -0.39 is 11.7 Å². The van der Waals surface area contributed by atoms with Gasteiger partial charge in [-0.25, -0.2) is 0 Å². The van der Waals surface area contributed by atoms with Gasteiger partial charge in [-0.2, -0.15) is 18.3 Å². The molecule has 0 saturated heterocycles. The highest BCUT2D eigenvalue weighted by Crippen LogP contribution is 2.32. The number of aliphatic hydroxyl groups excluding tert-OH is 1. The van der Waals surface area contributed by atoms with E-state index in [0.717, 1.165) is 12.1 Å². The van der Waals surface area contributed by atoms with E-state index in [9.17, 15) is 13.2 Å². The van der Waals surface area contributed by atoms with Crippen molar-refractivity contribution in [3.63, 3.8) is 0 Å². The molecule has 0 atom stereocenters. The van der Waals surface area contributed by atoms with Crippen molar-refractivity contribution in [2.75, 3.05) is 13.2 Å². The summed E-state index contributed by atoms with van der Waals surface area (Å²) in [5, 5.41) is 15.4. The SMILES string of the molecule is OCCNC(=S)N/N=C/c1ccc(-c2cccc(C(F)(F)F)c2)o1. The zero-order valence-electron chi connectivity index (χ0n) is 12.3. The molecule has 0 amide bonds. The number of nitrogens with one attached hydrogen (secondary N) is 2. The lowest BCUT2D eigenvalue weighted by molar-refractivity contribution is -0.137. The van der Waals surface area contributed by atoms with Gasteiger partial charge in [0.1, 0.15) is 11.5 Å². The van der Waals surface area contributed by atoms with E-state index in [0.29, 0.717) is 23.6 Å². The second-order valence-corrected chi connectivity index (χ2v) is 5.04. The lowest BCUT2D eigenvalue weighted by Gasteiger charge is -2.07. The summed E-state index contributed by atoms with van der Waals surface area (Å²) in [5.41, 5.74) is 2.09. The number of alkyl halides is 3. The van der Waals surface area contributed by atoms with Crippen molar-refractivity contribution < 1.29 is 22.7 Å². The van der Waals surface area contributed by atoms with E-state index in [1.54, 1.807) is 12.1 Å². The van der Waals surface area contributed by atoms with Crippen LogP contribution in [-0.2, 0) is 6.18 Å². The number of aliphatic hydroxyl groups is 1. The number of hydrazone groups is 1. The maximum absolute atomic E-state index is 12.7. The Morgan fingerprint density at radius 2 is 2.08 bits per heavy atom. The summed E-state index contributed by atoms with van der Waals surface area (Å²) in [6.45, 7) is 0.228. The molecule has 0 spiro atoms. The Hall–Kier alpha value is -2.39. The Balaban J connectivity index is 2.04. The van der Waals surface area contributed by atoms with Crippen LogP contribution in [0.1, 0.15) is 11.3 Å². The lowest BCUT2D eigenvalue weighted by atomic mass is 10.1. The van der Waals surface area contributed by atoms with Gasteiger partial charge >= 0.3 is 6.18 Å². The third kappa shape index (κ3) is 5.07. The van der Waals surface area contributed by atoms with Crippen LogP contribution >= 0.6 is 12.2 Å². The largest absolute Gasteiger partial charge is 0.455 e. The normalized spacial score (nSPS) is 11.7. The van der Waals surface area contributed by atoms with E-state index in [1.807, 2.05) is 0 Å². The smallest absolute Gasteiger partial charge is 0.416 e. The minimum absolute atomic E-state index is 0.0654. The molecule has 0 fully saturated rings. The van der Waals surface area contributed by atoms with Crippen LogP contribution in [0.3, 0.4) is 0 Å². The Bertz CT molecular complexity index is 729. The van der Waals surface area contributed by atoms with Crippen molar-refractivity contribution in [1.82, 2.24) is 10.7 Å². The van der Waals surface area contributed by atoms with Gasteiger partial charge in [0.2, 0.25) is 0 Å². The highest BCUT2D eigenvalue weighted by atomic mass is 32.1. The molecule has 2 rings (SSSR count). The molecule has 2 aromatic rings. The average molecular weight is 357 g/mol. The fraction of sp³-hybridized carbons (Fsp3) is 0.200. The molecule has 1 aromatic carbocycles. The number of benzene rings is 1. The van der Waals surface area contributed by atoms with E-state index in [4.69, 9.17) is 21.7 Å². The molecule has 0 aliphatic rings. The first kappa shape index (κ1) is 18.0. The van der Waals surface area contributed by atoms with Crippen LogP contribution in [0.25, 0.3) is 11.3 Å². The average Bonchev–Trinajstić information content (AvgIpc) is 3.01. The summed E-state index contributed by atoms with van der Waals surface area (Å²) in [4.78, 5) is 0. The van der Waals surface area contributed by atoms with Crippen molar-refractivity contribution in [3.8, 4) is 11.3 Å². The van der Waals surface area contributed by atoms with Gasteiger partial charge < -0.3 is 14.8 Å². The molecular weight excluding hydrogens is 343 g/mol. The molecule has 0 aliphatic carbocycles. The fourth-order valence-electron chi connectivity index (χ4n) is 1.79. The van der Waals surface area contributed by atoms with Crippen LogP contribution in [0.4, 0.5) is 13.2 Å². The van der Waals surface area contributed by atoms with Crippen LogP contribution in [-0.4, -0.2) is 29.6 Å². The first-order chi connectivity index (χ1) is 11.4. The molecule has 0 bridgehead atoms. The molecule has 3 N–H and O–H groups in total. The van der Waals surface area contributed by atoms with Gasteiger partial charge in [-0.3, -0.25) is 5.43 Å². The summed E-state index contributed by atoms with van der Waals surface area (Å²) in [7, 11) is 0. The second-order valence-electron chi connectivity index (χ2n) is 4.63. The maximum Gasteiger partial charge on any atom is 0.416 e. The minimum atomic E-state index is -4.41. The van der Waals surface area contributed by atoms with Crippen LogP contribution in [0.5, 0.6) is 0 Å². The van der Waals surface area contributed by atoms with Crippen molar-refractivity contribution >= 4 is 23.5 Å². The molecular formula is C15H14F3N3O2S. The van der Waals surface area contributed by atoms with Crippen LogP contribution in [0.2, 0.25) is 0 Å². The third-order valence-corrected chi connectivity index (χ3v) is 3.09. The predicted molar refractivity (Wildman–Crippen MR) is 87.6 cm³/mol. The molecule has 5 nitrogen and oxygen atoms in total.